The van der Waals surface area contributed by atoms with Gasteiger partial charge in [0.15, 0.2) is 0 Å². The number of hydrogen-bond acceptors (Lipinski definition) is 4. The van der Waals surface area contributed by atoms with E-state index in [4.69, 9.17) is 4.74 Å². The zero-order chi connectivity index (χ0) is 13.5. The van der Waals surface area contributed by atoms with Gasteiger partial charge < -0.3 is 9.64 Å². The third-order valence-corrected chi connectivity index (χ3v) is 4.50. The molecule has 0 aromatic heterocycles. The molecular formula is C15H28N2O2. The Hall–Kier alpha value is -0.610. The van der Waals surface area contributed by atoms with Crippen molar-refractivity contribution in [2.75, 3.05) is 39.8 Å². The molecule has 4 nitrogen and oxygen atoms in total. The molecule has 0 saturated carbocycles. The van der Waals surface area contributed by atoms with E-state index in [1.807, 2.05) is 0 Å². The first-order valence-electron chi connectivity index (χ1n) is 7.83. The van der Waals surface area contributed by atoms with Crippen molar-refractivity contribution in [3.8, 4) is 0 Å². The van der Waals surface area contributed by atoms with Crippen molar-refractivity contribution in [2.45, 2.75) is 51.0 Å². The van der Waals surface area contributed by atoms with Gasteiger partial charge in [-0.05, 0) is 45.3 Å². The lowest BCUT2D eigenvalue weighted by Crippen LogP contribution is -2.48. The van der Waals surface area contributed by atoms with Gasteiger partial charge in [-0.3, -0.25) is 9.69 Å². The average Bonchev–Trinajstić information content (AvgIpc) is 2.74. The number of nitrogens with zero attached hydrogens (tertiary/aromatic N) is 2. The van der Waals surface area contributed by atoms with Crippen LogP contribution in [-0.2, 0) is 9.53 Å². The molecular weight excluding hydrogens is 240 g/mol. The minimum absolute atomic E-state index is 0.0862. The zero-order valence-corrected chi connectivity index (χ0v) is 12.3. The predicted octanol–water partition coefficient (Wildman–Crippen LogP) is 1.89. The Morgan fingerprint density at radius 3 is 2.53 bits per heavy atom. The van der Waals surface area contributed by atoms with Crippen LogP contribution in [0, 0.1) is 0 Å². The van der Waals surface area contributed by atoms with Crippen LogP contribution in [0.1, 0.15) is 44.9 Å². The molecule has 0 spiro atoms. The van der Waals surface area contributed by atoms with Gasteiger partial charge in [-0.25, -0.2) is 0 Å². The van der Waals surface area contributed by atoms with Crippen molar-refractivity contribution in [2.24, 2.45) is 0 Å². The number of ether oxygens (including phenoxy) is 1. The zero-order valence-electron chi connectivity index (χ0n) is 12.3. The molecule has 1 unspecified atom stereocenters. The number of hydrogen-bond donors (Lipinski definition) is 0. The lowest BCUT2D eigenvalue weighted by molar-refractivity contribution is -0.141. The van der Waals surface area contributed by atoms with Crippen molar-refractivity contribution in [1.29, 1.82) is 0 Å². The maximum Gasteiger partial charge on any atom is 0.306 e. The van der Waals surface area contributed by atoms with E-state index in [9.17, 15) is 4.79 Å². The summed E-state index contributed by atoms with van der Waals surface area (Å²) in [5.74, 6) is -0.0862. The van der Waals surface area contributed by atoms with E-state index in [1.165, 1.54) is 58.7 Å². The Balaban J connectivity index is 1.77. The molecule has 2 heterocycles. The third-order valence-electron chi connectivity index (χ3n) is 4.50. The number of rotatable bonds is 4. The van der Waals surface area contributed by atoms with E-state index in [0.29, 0.717) is 12.5 Å². The topological polar surface area (TPSA) is 32.8 Å². The second kappa shape index (κ2) is 7.85. The lowest BCUT2D eigenvalue weighted by atomic mass is 10.0. The van der Waals surface area contributed by atoms with Crippen molar-refractivity contribution in [3.63, 3.8) is 0 Å². The van der Waals surface area contributed by atoms with Gasteiger partial charge in [0.05, 0.1) is 13.5 Å². The number of likely N-dealkylation sites (tertiary alicyclic amines) is 2. The number of methoxy groups -OCH3 is 1. The number of carbonyl (C=O) groups excluding carboxylic acids is 1. The van der Waals surface area contributed by atoms with Crippen molar-refractivity contribution in [1.82, 2.24) is 9.80 Å². The largest absolute Gasteiger partial charge is 0.469 e. The summed E-state index contributed by atoms with van der Waals surface area (Å²) in [6.07, 6.45) is 8.64. The fourth-order valence-electron chi connectivity index (χ4n) is 3.34. The van der Waals surface area contributed by atoms with E-state index in [-0.39, 0.29) is 5.97 Å². The summed E-state index contributed by atoms with van der Waals surface area (Å²) < 4.78 is 4.72. The predicted molar refractivity (Wildman–Crippen MR) is 76.1 cm³/mol. The SMILES string of the molecule is COC(=O)CCN1CCCC(N2CCCCCC2)C1. The first kappa shape index (κ1) is 14.8. The van der Waals surface area contributed by atoms with Crippen LogP contribution in [0.4, 0.5) is 0 Å². The molecule has 4 heteroatoms. The van der Waals surface area contributed by atoms with Crippen LogP contribution < -0.4 is 0 Å². The molecule has 2 aliphatic rings. The Kier molecular flexibility index (Phi) is 6.11. The quantitative estimate of drug-likeness (QED) is 0.729. The van der Waals surface area contributed by atoms with Gasteiger partial charge in [0.25, 0.3) is 0 Å². The summed E-state index contributed by atoms with van der Waals surface area (Å²) in [6, 6.07) is 0.712. The average molecular weight is 268 g/mol. The van der Waals surface area contributed by atoms with Gasteiger partial charge in [0.2, 0.25) is 0 Å². The number of piperidine rings is 1. The first-order chi connectivity index (χ1) is 9.29. The Bertz CT molecular complexity index is 275. The molecule has 19 heavy (non-hydrogen) atoms. The third kappa shape index (κ3) is 4.77. The molecule has 0 aromatic rings. The molecule has 110 valence electrons. The summed E-state index contributed by atoms with van der Waals surface area (Å²) in [6.45, 7) is 5.68. The van der Waals surface area contributed by atoms with Gasteiger partial charge in [0, 0.05) is 19.1 Å². The van der Waals surface area contributed by atoms with Crippen molar-refractivity contribution in [3.05, 3.63) is 0 Å². The molecule has 1 atom stereocenters. The number of carbonyl (C=O) groups is 1. The van der Waals surface area contributed by atoms with Crippen LogP contribution in [0.5, 0.6) is 0 Å². The van der Waals surface area contributed by atoms with Crippen LogP contribution in [-0.4, -0.2) is 61.6 Å². The number of esters is 1. The van der Waals surface area contributed by atoms with E-state index < -0.39 is 0 Å². The second-order valence-corrected chi connectivity index (χ2v) is 5.87. The van der Waals surface area contributed by atoms with Crippen LogP contribution in [0.15, 0.2) is 0 Å². The molecule has 0 aromatic carbocycles. The Labute approximate surface area is 117 Å². The smallest absolute Gasteiger partial charge is 0.306 e. The monoisotopic (exact) mass is 268 g/mol. The van der Waals surface area contributed by atoms with E-state index in [0.717, 1.165) is 19.6 Å². The molecule has 0 amide bonds. The highest BCUT2D eigenvalue weighted by molar-refractivity contribution is 5.69. The normalized spacial score (nSPS) is 26.9. The van der Waals surface area contributed by atoms with Crippen LogP contribution in [0.3, 0.4) is 0 Å². The van der Waals surface area contributed by atoms with Crippen molar-refractivity contribution >= 4 is 5.97 Å². The Morgan fingerprint density at radius 1 is 1.11 bits per heavy atom. The van der Waals surface area contributed by atoms with Gasteiger partial charge in [0.1, 0.15) is 0 Å². The highest BCUT2D eigenvalue weighted by Crippen LogP contribution is 2.20. The Morgan fingerprint density at radius 2 is 1.84 bits per heavy atom. The fourth-order valence-corrected chi connectivity index (χ4v) is 3.34. The second-order valence-electron chi connectivity index (χ2n) is 5.87. The minimum atomic E-state index is -0.0862. The van der Waals surface area contributed by atoms with E-state index >= 15 is 0 Å². The van der Waals surface area contributed by atoms with Crippen molar-refractivity contribution < 1.29 is 9.53 Å². The van der Waals surface area contributed by atoms with Gasteiger partial charge in [-0.2, -0.15) is 0 Å². The van der Waals surface area contributed by atoms with Gasteiger partial charge in [-0.1, -0.05) is 12.8 Å². The highest BCUT2D eigenvalue weighted by atomic mass is 16.5. The van der Waals surface area contributed by atoms with Gasteiger partial charge >= 0.3 is 5.97 Å². The van der Waals surface area contributed by atoms with Crippen LogP contribution in [0.2, 0.25) is 0 Å². The molecule has 2 rings (SSSR count). The lowest BCUT2D eigenvalue weighted by Gasteiger charge is -2.39. The first-order valence-corrected chi connectivity index (χ1v) is 7.83. The van der Waals surface area contributed by atoms with Crippen LogP contribution >= 0.6 is 0 Å². The summed E-state index contributed by atoms with van der Waals surface area (Å²) in [7, 11) is 1.47. The maximum atomic E-state index is 11.2. The molecule has 0 N–H and O–H groups in total. The summed E-state index contributed by atoms with van der Waals surface area (Å²) >= 11 is 0. The van der Waals surface area contributed by atoms with E-state index in [2.05, 4.69) is 9.80 Å². The molecule has 2 saturated heterocycles. The highest BCUT2D eigenvalue weighted by Gasteiger charge is 2.25. The summed E-state index contributed by atoms with van der Waals surface area (Å²) in [5, 5.41) is 0. The van der Waals surface area contributed by atoms with Gasteiger partial charge in [-0.15, -0.1) is 0 Å². The van der Waals surface area contributed by atoms with Crippen LogP contribution in [0.25, 0.3) is 0 Å². The molecule has 2 aliphatic heterocycles. The molecule has 0 bridgehead atoms. The standard InChI is InChI=1S/C15H28N2O2/c1-19-15(18)8-12-16-9-6-7-14(13-16)17-10-4-2-3-5-11-17/h14H,2-13H2,1H3. The molecule has 0 radical (unpaired) electrons. The molecule has 2 fully saturated rings. The minimum Gasteiger partial charge on any atom is -0.469 e. The maximum absolute atomic E-state index is 11.2. The summed E-state index contributed by atoms with van der Waals surface area (Å²) in [5.41, 5.74) is 0. The molecule has 0 aliphatic carbocycles. The summed E-state index contributed by atoms with van der Waals surface area (Å²) in [4.78, 5) is 16.4. The van der Waals surface area contributed by atoms with E-state index in [1.54, 1.807) is 0 Å². The fraction of sp³-hybridized carbons (Fsp3) is 0.933.